The van der Waals surface area contributed by atoms with Crippen molar-refractivity contribution in [3.8, 4) is 5.75 Å². The van der Waals surface area contributed by atoms with E-state index >= 15 is 0 Å². The number of ether oxygens (including phenoxy) is 1. The molecule has 5 N–H and O–H groups in total. The highest BCUT2D eigenvalue weighted by atomic mass is 16.5. The summed E-state index contributed by atoms with van der Waals surface area (Å²) in [6, 6.07) is 14.5. The van der Waals surface area contributed by atoms with Crippen molar-refractivity contribution in [1.29, 1.82) is 0 Å². The third-order valence-corrected chi connectivity index (χ3v) is 6.29. The van der Waals surface area contributed by atoms with Gasteiger partial charge in [0.05, 0.1) is 7.11 Å². The van der Waals surface area contributed by atoms with Crippen LogP contribution in [0.5, 0.6) is 5.75 Å². The van der Waals surface area contributed by atoms with Gasteiger partial charge in [-0.1, -0.05) is 12.1 Å². The van der Waals surface area contributed by atoms with Crippen LogP contribution in [0.25, 0.3) is 21.8 Å². The van der Waals surface area contributed by atoms with Gasteiger partial charge in [-0.2, -0.15) is 0 Å². The van der Waals surface area contributed by atoms with Crippen LogP contribution in [0, 0.1) is 6.92 Å². The number of H-pyrrole nitrogens is 1. The van der Waals surface area contributed by atoms with Crippen LogP contribution in [0.15, 0.2) is 65.9 Å². The number of nitrogens with zero attached hydrogens (tertiary/aromatic N) is 2. The first-order valence-corrected chi connectivity index (χ1v) is 10.7. The Morgan fingerprint density at radius 2 is 2.03 bits per heavy atom. The average Bonchev–Trinajstić information content (AvgIpc) is 3.33. The number of aliphatic imine (C=N–C) groups is 1. The molecule has 1 atom stereocenters. The number of aryl methyl sites for hydroxylation is 2. The lowest BCUT2D eigenvalue weighted by molar-refractivity contribution is 0.415. The van der Waals surface area contributed by atoms with E-state index in [4.69, 9.17) is 15.5 Å². The molecule has 7 nitrogen and oxygen atoms in total. The second-order valence-electron chi connectivity index (χ2n) is 8.26. The molecule has 0 spiro atoms. The molecule has 1 aliphatic rings. The fraction of sp³-hybridized carbons (Fsp3) is 0.240. The number of aromatic nitrogens is 2. The van der Waals surface area contributed by atoms with Crippen LogP contribution >= 0.6 is 0 Å². The van der Waals surface area contributed by atoms with E-state index in [0.717, 1.165) is 39.5 Å². The molecule has 164 valence electrons. The van der Waals surface area contributed by atoms with Crippen LogP contribution in [-0.4, -0.2) is 29.2 Å². The van der Waals surface area contributed by atoms with E-state index in [9.17, 15) is 0 Å². The van der Waals surface area contributed by atoms with Gasteiger partial charge in [-0.05, 0) is 55.3 Å². The summed E-state index contributed by atoms with van der Waals surface area (Å²) in [5.74, 6) is 1.51. The van der Waals surface area contributed by atoms with Crippen molar-refractivity contribution < 1.29 is 4.74 Å². The van der Waals surface area contributed by atoms with E-state index in [2.05, 4.69) is 58.4 Å². The molecule has 0 radical (unpaired) electrons. The van der Waals surface area contributed by atoms with Gasteiger partial charge in [0.25, 0.3) is 0 Å². The second kappa shape index (κ2) is 7.76. The van der Waals surface area contributed by atoms with E-state index < -0.39 is 5.66 Å². The molecule has 0 fully saturated rings. The monoisotopic (exact) mass is 428 g/mol. The van der Waals surface area contributed by atoms with Crippen LogP contribution in [0.2, 0.25) is 0 Å². The largest absolute Gasteiger partial charge is 0.497 e. The number of benzene rings is 2. The molecule has 1 unspecified atom stereocenters. The van der Waals surface area contributed by atoms with Crippen LogP contribution in [0.4, 0.5) is 0 Å². The average molecular weight is 429 g/mol. The molecule has 0 saturated carbocycles. The van der Waals surface area contributed by atoms with Gasteiger partial charge in [0.1, 0.15) is 11.4 Å². The van der Waals surface area contributed by atoms with E-state index in [1.807, 2.05) is 36.7 Å². The minimum Gasteiger partial charge on any atom is -0.497 e. The van der Waals surface area contributed by atoms with Crippen LogP contribution in [0.1, 0.15) is 16.8 Å². The zero-order valence-electron chi connectivity index (χ0n) is 18.6. The number of hydrogen-bond donors (Lipinski definition) is 4. The first-order valence-electron chi connectivity index (χ1n) is 10.7. The molecule has 0 saturated heterocycles. The maximum atomic E-state index is 6.82. The van der Waals surface area contributed by atoms with Crippen molar-refractivity contribution in [2.75, 3.05) is 13.7 Å². The highest BCUT2D eigenvalue weighted by Crippen LogP contribution is 2.29. The van der Waals surface area contributed by atoms with Gasteiger partial charge in [-0.15, -0.1) is 0 Å². The number of fused-ring (bicyclic) bond motifs is 2. The van der Waals surface area contributed by atoms with Crippen molar-refractivity contribution in [3.63, 3.8) is 0 Å². The first kappa shape index (κ1) is 20.2. The number of rotatable bonds is 5. The van der Waals surface area contributed by atoms with Gasteiger partial charge in [-0.3, -0.25) is 4.99 Å². The molecular formula is C25H28N6O. The van der Waals surface area contributed by atoms with Crippen molar-refractivity contribution in [1.82, 2.24) is 20.2 Å². The summed E-state index contributed by atoms with van der Waals surface area (Å²) in [7, 11) is 3.76. The molecule has 4 aromatic rings. The fourth-order valence-corrected chi connectivity index (χ4v) is 4.40. The highest BCUT2D eigenvalue weighted by Gasteiger charge is 2.30. The third kappa shape index (κ3) is 3.40. The number of aromatic amines is 1. The Hall–Kier alpha value is -3.71. The van der Waals surface area contributed by atoms with Crippen LogP contribution < -0.4 is 21.1 Å². The van der Waals surface area contributed by atoms with E-state index in [0.29, 0.717) is 12.5 Å². The lowest BCUT2D eigenvalue weighted by atomic mass is 9.95. The summed E-state index contributed by atoms with van der Waals surface area (Å²) in [5.41, 5.74) is 11.7. The molecule has 2 aromatic heterocycles. The number of hydrogen-bond acceptors (Lipinski definition) is 3. The SMILES string of the molecule is COc1ccc2[nH]cc(CCN=C3NC=CC(N)(c4cccc5c4cc(C)n5C)N3)c2c1. The molecule has 0 aliphatic carbocycles. The standard InChI is InChI=1S/C25H28N6O/c1-16-13-20-21(5-4-6-23(20)31(16)2)25(26)10-12-28-24(30-25)27-11-9-17-15-29-22-8-7-18(32-3)14-19(17)22/h4-8,10,12-15,29H,9,11,26H2,1-3H3,(H2,27,28,30). The normalized spacial score (nSPS) is 19.4. The van der Waals surface area contributed by atoms with Gasteiger partial charge in [-0.25, -0.2) is 0 Å². The molecule has 7 heteroatoms. The van der Waals surface area contributed by atoms with Gasteiger partial charge >= 0.3 is 0 Å². The van der Waals surface area contributed by atoms with Crippen molar-refractivity contribution in [2.24, 2.45) is 17.8 Å². The highest BCUT2D eigenvalue weighted by molar-refractivity contribution is 5.89. The molecule has 0 amide bonds. The van der Waals surface area contributed by atoms with E-state index in [1.165, 1.54) is 11.3 Å². The molecule has 2 aromatic carbocycles. The zero-order valence-corrected chi connectivity index (χ0v) is 18.6. The molecule has 5 rings (SSSR count). The fourth-order valence-electron chi connectivity index (χ4n) is 4.40. The number of nitrogens with one attached hydrogen (secondary N) is 3. The minimum absolute atomic E-state index is 0.623. The maximum Gasteiger partial charge on any atom is 0.197 e. The Morgan fingerprint density at radius 3 is 2.88 bits per heavy atom. The maximum absolute atomic E-state index is 6.82. The number of methoxy groups -OCH3 is 1. The topological polar surface area (TPSA) is 92.4 Å². The lowest BCUT2D eigenvalue weighted by Gasteiger charge is -2.33. The predicted molar refractivity (Wildman–Crippen MR) is 130 cm³/mol. The summed E-state index contributed by atoms with van der Waals surface area (Å²) >= 11 is 0. The molecular weight excluding hydrogens is 400 g/mol. The quantitative estimate of drug-likeness (QED) is 0.392. The van der Waals surface area contributed by atoms with Crippen LogP contribution in [-0.2, 0) is 19.1 Å². The molecule has 0 bridgehead atoms. The van der Waals surface area contributed by atoms with Gasteiger partial charge in [0.15, 0.2) is 5.96 Å². The van der Waals surface area contributed by atoms with Crippen molar-refractivity contribution >= 4 is 27.8 Å². The summed E-state index contributed by atoms with van der Waals surface area (Å²) < 4.78 is 7.54. The number of guanidine groups is 1. The summed E-state index contributed by atoms with van der Waals surface area (Å²) in [4.78, 5) is 8.06. The van der Waals surface area contributed by atoms with E-state index in [-0.39, 0.29) is 0 Å². The summed E-state index contributed by atoms with van der Waals surface area (Å²) in [6.45, 7) is 2.73. The summed E-state index contributed by atoms with van der Waals surface area (Å²) in [5, 5.41) is 8.89. The Morgan fingerprint density at radius 1 is 1.16 bits per heavy atom. The second-order valence-corrected chi connectivity index (χ2v) is 8.26. The Balaban J connectivity index is 1.37. The Kier molecular flexibility index (Phi) is 4.90. The van der Waals surface area contributed by atoms with Gasteiger partial charge in [0.2, 0.25) is 0 Å². The smallest absolute Gasteiger partial charge is 0.197 e. The zero-order chi connectivity index (χ0) is 22.3. The summed E-state index contributed by atoms with van der Waals surface area (Å²) in [6.07, 6.45) is 6.64. The van der Waals surface area contributed by atoms with Gasteiger partial charge < -0.3 is 30.7 Å². The van der Waals surface area contributed by atoms with Crippen LogP contribution in [0.3, 0.4) is 0 Å². The van der Waals surface area contributed by atoms with Gasteiger partial charge in [0, 0.05) is 59.1 Å². The van der Waals surface area contributed by atoms with E-state index in [1.54, 1.807) is 7.11 Å². The molecule has 3 heterocycles. The predicted octanol–water partition coefficient (Wildman–Crippen LogP) is 3.39. The third-order valence-electron chi connectivity index (χ3n) is 6.29. The molecule has 32 heavy (non-hydrogen) atoms. The van der Waals surface area contributed by atoms with Crippen molar-refractivity contribution in [2.45, 2.75) is 19.0 Å². The Bertz CT molecular complexity index is 1360. The number of nitrogens with two attached hydrogens (primary N) is 1. The minimum atomic E-state index is -0.842. The lowest BCUT2D eigenvalue weighted by Crippen LogP contribution is -2.57. The Labute approximate surface area is 187 Å². The van der Waals surface area contributed by atoms with Crippen molar-refractivity contribution in [3.05, 3.63) is 77.8 Å². The first-order chi connectivity index (χ1) is 15.5. The molecule has 1 aliphatic heterocycles.